The minimum absolute atomic E-state index is 0.0130. The smallest absolute Gasteiger partial charge is 0.269 e. The van der Waals surface area contributed by atoms with Gasteiger partial charge in [0.2, 0.25) is 0 Å². The van der Waals surface area contributed by atoms with E-state index in [0.717, 1.165) is 0 Å². The van der Waals surface area contributed by atoms with E-state index in [1.54, 1.807) is 52.6 Å². The van der Waals surface area contributed by atoms with Gasteiger partial charge in [-0.1, -0.05) is 0 Å². The molecule has 0 saturated heterocycles. The maximum Gasteiger partial charge on any atom is 0.269 e. The summed E-state index contributed by atoms with van der Waals surface area (Å²) in [6.45, 7) is 0.104. The topological polar surface area (TPSA) is 129 Å². The molecule has 31 heavy (non-hydrogen) atoms. The van der Waals surface area contributed by atoms with E-state index in [1.165, 1.54) is 21.8 Å². The molecule has 0 radical (unpaired) electrons. The van der Waals surface area contributed by atoms with Crippen LogP contribution >= 0.6 is 0 Å². The number of aromatic nitrogens is 4. The number of imidazole rings is 1. The summed E-state index contributed by atoms with van der Waals surface area (Å²) in [5.74, 6) is 0.836. The van der Waals surface area contributed by atoms with Gasteiger partial charge in [0.15, 0.2) is 5.03 Å². The van der Waals surface area contributed by atoms with E-state index in [9.17, 15) is 13.2 Å². The third-order valence-electron chi connectivity index (χ3n) is 4.45. The van der Waals surface area contributed by atoms with Crippen LogP contribution < -0.4 is 19.5 Å². The highest BCUT2D eigenvalue weighted by Gasteiger charge is 2.19. The zero-order chi connectivity index (χ0) is 22.6. The van der Waals surface area contributed by atoms with Crippen molar-refractivity contribution in [3.8, 4) is 22.8 Å². The van der Waals surface area contributed by atoms with Crippen LogP contribution in [-0.4, -0.2) is 61.0 Å². The average molecular weight is 449 g/mol. The molecule has 0 unspecified atom stereocenters. The summed E-state index contributed by atoms with van der Waals surface area (Å²) >= 11 is 0. The number of carbonyl (C=O) groups excluding carboxylic acids is 1. The van der Waals surface area contributed by atoms with Gasteiger partial charge >= 0.3 is 0 Å². The average Bonchev–Trinajstić information content (AvgIpc) is 3.36. The molecule has 3 rings (SSSR count). The van der Waals surface area contributed by atoms with Crippen molar-refractivity contribution in [1.29, 1.82) is 0 Å². The van der Waals surface area contributed by atoms with E-state index in [4.69, 9.17) is 9.47 Å². The van der Waals surface area contributed by atoms with Gasteiger partial charge in [0.05, 0.1) is 26.2 Å². The highest BCUT2D eigenvalue weighted by atomic mass is 32.2. The Labute approximate surface area is 180 Å². The zero-order valence-electron chi connectivity index (χ0n) is 17.6. The Balaban J connectivity index is 1.65. The summed E-state index contributed by atoms with van der Waals surface area (Å²) in [5, 5.41) is 6.99. The fourth-order valence-electron chi connectivity index (χ4n) is 2.88. The molecule has 166 valence electrons. The van der Waals surface area contributed by atoms with Crippen LogP contribution in [0.1, 0.15) is 10.5 Å². The molecular weight excluding hydrogens is 424 g/mol. The minimum atomic E-state index is -3.73. The zero-order valence-corrected chi connectivity index (χ0v) is 18.4. The SMILES string of the molecule is COc1ccc(OC)c(-c2cc(C(=O)NCCNS(=O)(=O)c3cn(C)cn3)n(C)n2)c1. The first kappa shape index (κ1) is 22.3. The molecule has 2 aromatic heterocycles. The number of hydrogen-bond donors (Lipinski definition) is 2. The van der Waals surface area contributed by atoms with E-state index in [1.807, 2.05) is 0 Å². The Hall–Kier alpha value is -3.38. The quantitative estimate of drug-likeness (QED) is 0.457. The maximum atomic E-state index is 12.6. The van der Waals surface area contributed by atoms with Crippen molar-refractivity contribution >= 4 is 15.9 Å². The second kappa shape index (κ2) is 9.18. The Kier molecular flexibility index (Phi) is 6.61. The Bertz CT molecular complexity index is 1180. The molecule has 1 aromatic carbocycles. The van der Waals surface area contributed by atoms with Gasteiger partial charge < -0.3 is 19.4 Å². The van der Waals surface area contributed by atoms with Crippen molar-refractivity contribution in [2.75, 3.05) is 27.3 Å². The van der Waals surface area contributed by atoms with Crippen LogP contribution in [0.5, 0.6) is 11.5 Å². The van der Waals surface area contributed by atoms with Crippen LogP contribution in [0.4, 0.5) is 0 Å². The van der Waals surface area contributed by atoms with E-state index >= 15 is 0 Å². The van der Waals surface area contributed by atoms with Crippen LogP contribution in [0, 0.1) is 0 Å². The number of rotatable bonds is 9. The molecule has 0 atom stereocenters. The number of sulfonamides is 1. The fourth-order valence-corrected chi connectivity index (χ4v) is 3.89. The van der Waals surface area contributed by atoms with Gasteiger partial charge in [-0.15, -0.1) is 0 Å². The second-order valence-electron chi connectivity index (χ2n) is 6.64. The molecule has 0 spiro atoms. The van der Waals surface area contributed by atoms with Gasteiger partial charge in [0.1, 0.15) is 17.2 Å². The molecule has 0 aliphatic carbocycles. The van der Waals surface area contributed by atoms with Crippen LogP contribution in [0.25, 0.3) is 11.3 Å². The van der Waals surface area contributed by atoms with Gasteiger partial charge in [0.25, 0.3) is 15.9 Å². The molecule has 12 heteroatoms. The number of hydrogen-bond acceptors (Lipinski definition) is 7. The minimum Gasteiger partial charge on any atom is -0.497 e. The fraction of sp³-hybridized carbons (Fsp3) is 0.316. The molecule has 11 nitrogen and oxygen atoms in total. The first-order valence-electron chi connectivity index (χ1n) is 9.27. The van der Waals surface area contributed by atoms with E-state index in [0.29, 0.717) is 28.5 Å². The van der Waals surface area contributed by atoms with Crippen LogP contribution in [0.3, 0.4) is 0 Å². The second-order valence-corrected chi connectivity index (χ2v) is 8.35. The van der Waals surface area contributed by atoms with Gasteiger partial charge in [-0.3, -0.25) is 9.48 Å². The van der Waals surface area contributed by atoms with E-state index in [2.05, 4.69) is 20.1 Å². The maximum absolute atomic E-state index is 12.6. The molecule has 2 heterocycles. The van der Waals surface area contributed by atoms with E-state index < -0.39 is 10.0 Å². The highest BCUT2D eigenvalue weighted by Crippen LogP contribution is 2.32. The monoisotopic (exact) mass is 448 g/mol. The predicted molar refractivity (Wildman–Crippen MR) is 112 cm³/mol. The van der Waals surface area contributed by atoms with Crippen molar-refractivity contribution in [1.82, 2.24) is 29.4 Å². The number of carbonyl (C=O) groups is 1. The third-order valence-corrected chi connectivity index (χ3v) is 5.80. The van der Waals surface area contributed by atoms with E-state index in [-0.39, 0.29) is 24.0 Å². The molecule has 2 N–H and O–H groups in total. The molecule has 3 aromatic rings. The first-order valence-corrected chi connectivity index (χ1v) is 10.8. The third kappa shape index (κ3) is 5.03. The summed E-state index contributed by atoms with van der Waals surface area (Å²) in [6.07, 6.45) is 2.79. The van der Waals surface area contributed by atoms with Crippen LogP contribution in [-0.2, 0) is 24.1 Å². The van der Waals surface area contributed by atoms with Gasteiger partial charge in [-0.2, -0.15) is 5.10 Å². The number of benzene rings is 1. The lowest BCUT2D eigenvalue weighted by molar-refractivity contribution is 0.0945. The van der Waals surface area contributed by atoms with Crippen LogP contribution in [0.2, 0.25) is 0 Å². The predicted octanol–water partition coefficient (Wildman–Crippen LogP) is 0.546. The van der Waals surface area contributed by atoms with Gasteiger partial charge in [-0.25, -0.2) is 18.1 Å². The van der Waals surface area contributed by atoms with Crippen molar-refractivity contribution < 1.29 is 22.7 Å². The first-order chi connectivity index (χ1) is 14.7. The highest BCUT2D eigenvalue weighted by molar-refractivity contribution is 7.89. The number of nitrogens with one attached hydrogen (secondary N) is 2. The molecule has 1 amide bonds. The Morgan fingerprint density at radius 2 is 1.90 bits per heavy atom. The van der Waals surface area contributed by atoms with Crippen molar-refractivity contribution in [2.24, 2.45) is 14.1 Å². The van der Waals surface area contributed by atoms with Crippen molar-refractivity contribution in [2.45, 2.75) is 5.03 Å². The number of ether oxygens (including phenoxy) is 2. The number of aryl methyl sites for hydroxylation is 2. The molecule has 0 fully saturated rings. The molecular formula is C19H24N6O5S. The van der Waals surface area contributed by atoms with Crippen molar-refractivity contribution in [3.63, 3.8) is 0 Å². The lowest BCUT2D eigenvalue weighted by atomic mass is 10.1. The lowest BCUT2D eigenvalue weighted by Crippen LogP contribution is -2.35. The normalized spacial score (nSPS) is 11.4. The van der Waals surface area contributed by atoms with Gasteiger partial charge in [0, 0.05) is 38.9 Å². The van der Waals surface area contributed by atoms with Crippen molar-refractivity contribution in [3.05, 3.63) is 42.5 Å². The van der Waals surface area contributed by atoms with Gasteiger partial charge in [-0.05, 0) is 24.3 Å². The molecule has 0 aliphatic heterocycles. The standard InChI is InChI=1S/C19H24N6O5S/c1-24-11-18(21-12-24)31(27,28)22-8-7-20-19(26)16-10-15(23-25(16)2)14-9-13(29-3)5-6-17(14)30-4/h5-6,9-12,22H,7-8H2,1-4H3,(H,20,26). The van der Waals surface area contributed by atoms with Crippen LogP contribution in [0.15, 0.2) is 41.8 Å². The number of methoxy groups -OCH3 is 2. The Morgan fingerprint density at radius 3 is 2.55 bits per heavy atom. The summed E-state index contributed by atoms with van der Waals surface area (Å²) in [6, 6.07) is 6.93. The molecule has 0 saturated carbocycles. The summed E-state index contributed by atoms with van der Waals surface area (Å²) < 4.78 is 40.3. The molecule has 0 bridgehead atoms. The summed E-state index contributed by atoms with van der Waals surface area (Å²) in [5.41, 5.74) is 1.53. The number of nitrogens with zero attached hydrogens (tertiary/aromatic N) is 4. The Morgan fingerprint density at radius 1 is 1.13 bits per heavy atom. The largest absolute Gasteiger partial charge is 0.497 e. The number of amides is 1. The summed E-state index contributed by atoms with van der Waals surface area (Å²) in [4.78, 5) is 16.4. The molecule has 0 aliphatic rings. The summed E-state index contributed by atoms with van der Waals surface area (Å²) in [7, 11) is 2.70. The lowest BCUT2D eigenvalue weighted by Gasteiger charge is -2.08.